The molecule has 1 fully saturated rings. The van der Waals surface area contributed by atoms with Crippen molar-refractivity contribution in [2.45, 2.75) is 18.9 Å². The quantitative estimate of drug-likeness (QED) is 0.701. The molecule has 1 aliphatic heterocycles. The molecule has 0 bridgehead atoms. The second kappa shape index (κ2) is 3.75. The highest BCUT2D eigenvalue weighted by Crippen LogP contribution is 2.21. The summed E-state index contributed by atoms with van der Waals surface area (Å²) < 4.78 is 0. The number of H-pyrrole nitrogens is 1. The van der Waals surface area contributed by atoms with Crippen LogP contribution in [0.1, 0.15) is 23.8 Å². The number of aromatic nitrogens is 1. The van der Waals surface area contributed by atoms with Gasteiger partial charge in [-0.25, -0.2) is 0 Å². The van der Waals surface area contributed by atoms with E-state index in [9.17, 15) is 14.7 Å². The fourth-order valence-electron chi connectivity index (χ4n) is 1.86. The summed E-state index contributed by atoms with van der Waals surface area (Å²) in [5, 5.41) is 9.75. The first-order valence-electron chi connectivity index (χ1n) is 5.19. The minimum Gasteiger partial charge on any atom is -0.388 e. The third-order valence-electron chi connectivity index (χ3n) is 2.74. The molecular weight excluding hydrogens is 208 g/mol. The van der Waals surface area contributed by atoms with Crippen LogP contribution in [0.15, 0.2) is 23.0 Å². The van der Waals surface area contributed by atoms with Gasteiger partial charge in [0.1, 0.15) is 5.69 Å². The maximum Gasteiger partial charge on any atom is 0.270 e. The second-order valence-corrected chi connectivity index (χ2v) is 4.40. The summed E-state index contributed by atoms with van der Waals surface area (Å²) in [4.78, 5) is 27.0. The summed E-state index contributed by atoms with van der Waals surface area (Å²) in [6, 6.07) is 4.47. The molecule has 1 saturated heterocycles. The average molecular weight is 222 g/mol. The molecule has 5 nitrogen and oxygen atoms in total. The lowest BCUT2D eigenvalue weighted by atomic mass is 10.1. The number of nitrogens with zero attached hydrogens (tertiary/aromatic N) is 1. The Morgan fingerprint density at radius 1 is 1.56 bits per heavy atom. The number of β-amino-alcohol motifs (C(OH)–C–C–N with tert-alkyl or cyclic N) is 1. The third-order valence-corrected chi connectivity index (χ3v) is 2.74. The van der Waals surface area contributed by atoms with Gasteiger partial charge in [-0.1, -0.05) is 6.07 Å². The molecule has 0 aliphatic carbocycles. The zero-order chi connectivity index (χ0) is 11.8. The Kier molecular flexibility index (Phi) is 2.55. The van der Waals surface area contributed by atoms with Crippen molar-refractivity contribution in [3.8, 4) is 0 Å². The van der Waals surface area contributed by atoms with Crippen molar-refractivity contribution in [2.24, 2.45) is 0 Å². The molecule has 5 heteroatoms. The van der Waals surface area contributed by atoms with Gasteiger partial charge in [-0.05, 0) is 19.4 Å². The first kappa shape index (κ1) is 10.9. The van der Waals surface area contributed by atoms with Crippen molar-refractivity contribution >= 4 is 5.91 Å². The topological polar surface area (TPSA) is 73.4 Å². The van der Waals surface area contributed by atoms with Crippen LogP contribution in [0.5, 0.6) is 0 Å². The average Bonchev–Trinajstić information content (AvgIpc) is 2.58. The van der Waals surface area contributed by atoms with Crippen LogP contribution in [-0.4, -0.2) is 39.6 Å². The van der Waals surface area contributed by atoms with Gasteiger partial charge in [0.15, 0.2) is 0 Å². The molecule has 1 aromatic rings. The number of likely N-dealkylation sites (tertiary alicyclic amines) is 1. The van der Waals surface area contributed by atoms with E-state index in [-0.39, 0.29) is 17.2 Å². The van der Waals surface area contributed by atoms with E-state index in [0.717, 1.165) is 0 Å². The Morgan fingerprint density at radius 3 is 2.88 bits per heavy atom. The largest absolute Gasteiger partial charge is 0.388 e. The number of nitrogens with one attached hydrogen (secondary N) is 1. The van der Waals surface area contributed by atoms with E-state index in [1.54, 1.807) is 24.0 Å². The van der Waals surface area contributed by atoms with Gasteiger partial charge >= 0.3 is 0 Å². The van der Waals surface area contributed by atoms with Crippen LogP contribution >= 0.6 is 0 Å². The highest BCUT2D eigenvalue weighted by atomic mass is 16.3. The maximum absolute atomic E-state index is 11.9. The Balaban J connectivity index is 2.18. The van der Waals surface area contributed by atoms with Crippen LogP contribution in [0.3, 0.4) is 0 Å². The van der Waals surface area contributed by atoms with Crippen molar-refractivity contribution in [2.75, 3.05) is 13.1 Å². The monoisotopic (exact) mass is 222 g/mol. The lowest BCUT2D eigenvalue weighted by Crippen LogP contribution is -2.34. The van der Waals surface area contributed by atoms with E-state index in [4.69, 9.17) is 0 Å². The lowest BCUT2D eigenvalue weighted by Gasteiger charge is -2.18. The number of hydrogen-bond acceptors (Lipinski definition) is 3. The molecule has 1 amide bonds. The summed E-state index contributed by atoms with van der Waals surface area (Å²) in [7, 11) is 0. The van der Waals surface area contributed by atoms with Crippen LogP contribution < -0.4 is 5.56 Å². The number of amides is 1. The van der Waals surface area contributed by atoms with E-state index in [1.807, 2.05) is 0 Å². The fourth-order valence-corrected chi connectivity index (χ4v) is 1.86. The van der Waals surface area contributed by atoms with Gasteiger partial charge in [0.05, 0.1) is 5.60 Å². The molecule has 1 unspecified atom stereocenters. The van der Waals surface area contributed by atoms with Gasteiger partial charge in [-0.2, -0.15) is 0 Å². The number of carbonyl (C=O) groups excluding carboxylic acids is 1. The molecule has 0 spiro atoms. The number of aliphatic hydroxyl groups is 1. The molecule has 86 valence electrons. The van der Waals surface area contributed by atoms with Crippen LogP contribution in [-0.2, 0) is 0 Å². The summed E-state index contributed by atoms with van der Waals surface area (Å²) in [5.41, 5.74) is -0.841. The smallest absolute Gasteiger partial charge is 0.270 e. The van der Waals surface area contributed by atoms with E-state index in [1.165, 1.54) is 6.07 Å². The molecule has 0 aromatic carbocycles. The molecule has 2 rings (SSSR count). The summed E-state index contributed by atoms with van der Waals surface area (Å²) in [6.07, 6.45) is 0.565. The summed E-state index contributed by atoms with van der Waals surface area (Å²) >= 11 is 0. The van der Waals surface area contributed by atoms with Crippen LogP contribution in [0, 0.1) is 0 Å². The molecule has 1 aliphatic rings. The van der Waals surface area contributed by atoms with Crippen molar-refractivity contribution in [3.05, 3.63) is 34.2 Å². The molecule has 2 heterocycles. The SMILES string of the molecule is CC1(O)CCN(C(=O)c2cccc(=O)[nH]2)C1. The Bertz CT molecular complexity index is 464. The predicted octanol–water partition coefficient (Wildman–Crippen LogP) is -0.0282. The van der Waals surface area contributed by atoms with Crippen LogP contribution in [0.25, 0.3) is 0 Å². The lowest BCUT2D eigenvalue weighted by molar-refractivity contribution is 0.0569. The highest BCUT2D eigenvalue weighted by Gasteiger charge is 2.34. The zero-order valence-electron chi connectivity index (χ0n) is 9.06. The van der Waals surface area contributed by atoms with Crippen molar-refractivity contribution in [1.82, 2.24) is 9.88 Å². The molecular formula is C11H14N2O3. The number of aromatic amines is 1. The van der Waals surface area contributed by atoms with Crippen molar-refractivity contribution in [3.63, 3.8) is 0 Å². The predicted molar refractivity (Wildman–Crippen MR) is 58.2 cm³/mol. The molecule has 2 N–H and O–H groups in total. The van der Waals surface area contributed by atoms with Gasteiger partial charge in [0.2, 0.25) is 5.56 Å². The minimum absolute atomic E-state index is 0.240. The first-order valence-corrected chi connectivity index (χ1v) is 5.19. The summed E-state index contributed by atoms with van der Waals surface area (Å²) in [6.45, 7) is 2.53. The van der Waals surface area contributed by atoms with Crippen LogP contribution in [0.4, 0.5) is 0 Å². The molecule has 0 saturated carbocycles. The number of carbonyl (C=O) groups is 1. The van der Waals surface area contributed by atoms with Crippen molar-refractivity contribution in [1.29, 1.82) is 0 Å². The standard InChI is InChI=1S/C11H14N2O3/c1-11(16)5-6-13(7-11)10(15)8-3-2-4-9(14)12-8/h2-4,16H,5-7H2,1H3,(H,12,14). The highest BCUT2D eigenvalue weighted by molar-refractivity contribution is 5.92. The van der Waals surface area contributed by atoms with E-state index < -0.39 is 5.60 Å². The Morgan fingerprint density at radius 2 is 2.31 bits per heavy atom. The molecule has 0 radical (unpaired) electrons. The number of rotatable bonds is 1. The Labute approximate surface area is 92.7 Å². The first-order chi connectivity index (χ1) is 7.48. The van der Waals surface area contributed by atoms with Gasteiger partial charge in [-0.3, -0.25) is 9.59 Å². The second-order valence-electron chi connectivity index (χ2n) is 4.40. The number of pyridine rings is 1. The van der Waals surface area contributed by atoms with Gasteiger partial charge < -0.3 is 15.0 Å². The van der Waals surface area contributed by atoms with E-state index >= 15 is 0 Å². The summed E-state index contributed by atoms with van der Waals surface area (Å²) in [5.74, 6) is -0.240. The van der Waals surface area contributed by atoms with Crippen molar-refractivity contribution < 1.29 is 9.90 Å². The third kappa shape index (κ3) is 2.14. The molecule has 1 aromatic heterocycles. The number of hydrogen-bond donors (Lipinski definition) is 2. The molecule has 16 heavy (non-hydrogen) atoms. The fraction of sp³-hybridized carbons (Fsp3) is 0.455. The normalized spacial score (nSPS) is 24.8. The van der Waals surface area contributed by atoms with E-state index in [0.29, 0.717) is 19.5 Å². The Hall–Kier alpha value is -1.62. The zero-order valence-corrected chi connectivity index (χ0v) is 9.06. The van der Waals surface area contributed by atoms with Crippen LogP contribution in [0.2, 0.25) is 0 Å². The maximum atomic E-state index is 11.9. The van der Waals surface area contributed by atoms with Gasteiger partial charge in [0.25, 0.3) is 5.91 Å². The van der Waals surface area contributed by atoms with Gasteiger partial charge in [0, 0.05) is 19.2 Å². The van der Waals surface area contributed by atoms with Gasteiger partial charge in [-0.15, -0.1) is 0 Å². The minimum atomic E-state index is -0.815. The van der Waals surface area contributed by atoms with E-state index in [2.05, 4.69) is 4.98 Å². The molecule has 1 atom stereocenters.